The van der Waals surface area contributed by atoms with Gasteiger partial charge in [0.15, 0.2) is 0 Å². The van der Waals surface area contributed by atoms with E-state index in [1.165, 1.54) is 18.6 Å². The predicted octanol–water partition coefficient (Wildman–Crippen LogP) is 2.80. The van der Waals surface area contributed by atoms with Crippen LogP contribution in [0.2, 0.25) is 0 Å². The van der Waals surface area contributed by atoms with Crippen molar-refractivity contribution < 1.29 is 0 Å². The van der Waals surface area contributed by atoms with E-state index in [4.69, 9.17) is 0 Å². The van der Waals surface area contributed by atoms with Gasteiger partial charge in [-0.15, -0.1) is 0 Å². The Kier molecular flexibility index (Phi) is 7.37. The first kappa shape index (κ1) is 7.70. The van der Waals surface area contributed by atoms with E-state index in [9.17, 15) is 0 Å². The highest BCUT2D eigenvalue weighted by Gasteiger charge is 1.80. The third-order valence-electron chi connectivity index (χ3n) is 0.699. The lowest BCUT2D eigenvalue weighted by Crippen LogP contribution is -1.70. The Balaban J connectivity index is 2.45. The van der Waals surface area contributed by atoms with Gasteiger partial charge in [-0.1, -0.05) is 34.9 Å². The van der Waals surface area contributed by atoms with Gasteiger partial charge in [0.05, 0.1) is 0 Å². The Morgan fingerprint density at radius 3 is 2.57 bits per heavy atom. The number of hydrogen-bond acceptors (Lipinski definition) is 2. The molecule has 0 radical (unpaired) electrons. The van der Waals surface area contributed by atoms with Crippen molar-refractivity contribution in [3.8, 4) is 0 Å². The van der Waals surface area contributed by atoms with E-state index in [1.54, 1.807) is 0 Å². The fourth-order valence-corrected chi connectivity index (χ4v) is 1.71. The minimum Gasteiger partial charge on any atom is -0.0976 e. The minimum absolute atomic E-state index is 1.32. The molecule has 0 nitrogen and oxygen atoms in total. The lowest BCUT2D eigenvalue weighted by Gasteiger charge is -1.90. The van der Waals surface area contributed by atoms with Crippen LogP contribution in [0.1, 0.15) is 19.8 Å². The van der Waals surface area contributed by atoms with E-state index in [0.717, 1.165) is 0 Å². The summed E-state index contributed by atoms with van der Waals surface area (Å²) in [6.07, 6.45) is 4.82. The lowest BCUT2D eigenvalue weighted by molar-refractivity contribution is 0.898. The SMILES string of the molecule is CCCCSSC. The fourth-order valence-electron chi connectivity index (χ4n) is 0.287. The third-order valence-corrected chi connectivity index (χ3v) is 2.60. The Hall–Kier alpha value is 0.700. The van der Waals surface area contributed by atoms with Gasteiger partial charge in [0.2, 0.25) is 0 Å². The summed E-state index contributed by atoms with van der Waals surface area (Å²) in [7, 11) is 3.81. The molecular formula is C5H12S2. The van der Waals surface area contributed by atoms with Gasteiger partial charge in [-0.05, 0) is 12.7 Å². The summed E-state index contributed by atoms with van der Waals surface area (Å²) in [6, 6.07) is 0. The zero-order valence-corrected chi connectivity index (χ0v) is 6.57. The average Bonchev–Trinajstić information content (AvgIpc) is 1.69. The molecular weight excluding hydrogens is 124 g/mol. The van der Waals surface area contributed by atoms with Crippen LogP contribution in [0.5, 0.6) is 0 Å². The van der Waals surface area contributed by atoms with E-state index in [2.05, 4.69) is 13.2 Å². The maximum atomic E-state index is 2.22. The van der Waals surface area contributed by atoms with E-state index < -0.39 is 0 Å². The summed E-state index contributed by atoms with van der Waals surface area (Å²) in [6.45, 7) is 2.22. The molecule has 0 fully saturated rings. The molecule has 0 spiro atoms. The number of unbranched alkanes of at least 4 members (excludes halogenated alkanes) is 1. The summed E-state index contributed by atoms with van der Waals surface area (Å²) in [5.74, 6) is 1.32. The zero-order valence-electron chi connectivity index (χ0n) is 4.94. The standard InChI is InChI=1S/C5H12S2/c1-3-4-5-7-6-2/h3-5H2,1-2H3. The molecule has 0 heterocycles. The van der Waals surface area contributed by atoms with E-state index in [1.807, 2.05) is 21.6 Å². The molecule has 0 unspecified atom stereocenters. The second-order valence-electron chi connectivity index (χ2n) is 1.34. The molecule has 0 saturated heterocycles. The third kappa shape index (κ3) is 6.70. The van der Waals surface area contributed by atoms with Crippen LogP contribution in [0, 0.1) is 0 Å². The van der Waals surface area contributed by atoms with Crippen molar-refractivity contribution in [1.82, 2.24) is 0 Å². The van der Waals surface area contributed by atoms with Gasteiger partial charge in [0, 0.05) is 5.75 Å². The number of hydrogen-bond donors (Lipinski definition) is 0. The lowest BCUT2D eigenvalue weighted by atomic mass is 10.4. The molecule has 0 aromatic heterocycles. The largest absolute Gasteiger partial charge is 0.0976 e. The molecule has 0 aromatic rings. The summed E-state index contributed by atoms with van der Waals surface area (Å²) in [4.78, 5) is 0. The first-order valence-electron chi connectivity index (χ1n) is 2.57. The molecule has 0 N–H and O–H groups in total. The van der Waals surface area contributed by atoms with Gasteiger partial charge in [0.1, 0.15) is 0 Å². The zero-order chi connectivity index (χ0) is 5.54. The van der Waals surface area contributed by atoms with Crippen LogP contribution < -0.4 is 0 Å². The normalized spacial score (nSPS) is 9.43. The van der Waals surface area contributed by atoms with Crippen molar-refractivity contribution in [3.63, 3.8) is 0 Å². The molecule has 0 rings (SSSR count). The van der Waals surface area contributed by atoms with Crippen LogP contribution in [-0.2, 0) is 0 Å². The highest BCUT2D eigenvalue weighted by Crippen LogP contribution is 2.17. The molecule has 0 aliphatic rings. The maximum absolute atomic E-state index is 2.22. The van der Waals surface area contributed by atoms with Crippen LogP contribution >= 0.6 is 21.6 Å². The summed E-state index contributed by atoms with van der Waals surface area (Å²) in [5.41, 5.74) is 0. The molecule has 0 atom stereocenters. The highest BCUT2D eigenvalue weighted by atomic mass is 33.1. The molecule has 0 aliphatic carbocycles. The molecule has 0 aliphatic heterocycles. The quantitative estimate of drug-likeness (QED) is 0.430. The van der Waals surface area contributed by atoms with Crippen molar-refractivity contribution in [2.24, 2.45) is 0 Å². The molecule has 44 valence electrons. The monoisotopic (exact) mass is 136 g/mol. The minimum atomic E-state index is 1.32. The summed E-state index contributed by atoms with van der Waals surface area (Å²) in [5, 5.41) is 0. The van der Waals surface area contributed by atoms with E-state index >= 15 is 0 Å². The second kappa shape index (κ2) is 6.70. The molecule has 0 saturated carbocycles. The van der Waals surface area contributed by atoms with Gasteiger partial charge in [-0.3, -0.25) is 0 Å². The predicted molar refractivity (Wildman–Crippen MR) is 40.9 cm³/mol. The average molecular weight is 136 g/mol. The van der Waals surface area contributed by atoms with Gasteiger partial charge in [0.25, 0.3) is 0 Å². The topological polar surface area (TPSA) is 0 Å². The van der Waals surface area contributed by atoms with E-state index in [0.29, 0.717) is 0 Å². The van der Waals surface area contributed by atoms with Crippen LogP contribution in [0.25, 0.3) is 0 Å². The maximum Gasteiger partial charge on any atom is 0.00367 e. The molecule has 2 heteroatoms. The molecule has 7 heavy (non-hydrogen) atoms. The van der Waals surface area contributed by atoms with Gasteiger partial charge >= 0.3 is 0 Å². The van der Waals surface area contributed by atoms with Crippen molar-refractivity contribution in [1.29, 1.82) is 0 Å². The second-order valence-corrected chi connectivity index (χ2v) is 4.03. The van der Waals surface area contributed by atoms with Crippen LogP contribution in [-0.4, -0.2) is 12.0 Å². The van der Waals surface area contributed by atoms with Crippen LogP contribution in [0.3, 0.4) is 0 Å². The molecule has 0 bridgehead atoms. The van der Waals surface area contributed by atoms with Crippen molar-refractivity contribution in [3.05, 3.63) is 0 Å². The van der Waals surface area contributed by atoms with Gasteiger partial charge in [-0.2, -0.15) is 0 Å². The first-order chi connectivity index (χ1) is 3.41. The highest BCUT2D eigenvalue weighted by molar-refractivity contribution is 8.76. The Labute approximate surface area is 53.8 Å². The van der Waals surface area contributed by atoms with Crippen molar-refractivity contribution >= 4 is 21.6 Å². The van der Waals surface area contributed by atoms with Crippen molar-refractivity contribution in [2.75, 3.05) is 12.0 Å². The Morgan fingerprint density at radius 1 is 1.43 bits per heavy atom. The van der Waals surface area contributed by atoms with E-state index in [-0.39, 0.29) is 0 Å². The Morgan fingerprint density at radius 2 is 2.14 bits per heavy atom. The first-order valence-corrected chi connectivity index (χ1v) is 5.30. The summed E-state index contributed by atoms with van der Waals surface area (Å²) >= 11 is 0. The Bertz CT molecular complexity index is 25.3. The number of rotatable bonds is 4. The molecule has 0 amide bonds. The fraction of sp³-hybridized carbons (Fsp3) is 1.00. The van der Waals surface area contributed by atoms with Gasteiger partial charge < -0.3 is 0 Å². The van der Waals surface area contributed by atoms with Crippen LogP contribution in [0.15, 0.2) is 0 Å². The van der Waals surface area contributed by atoms with Crippen molar-refractivity contribution in [2.45, 2.75) is 19.8 Å². The summed E-state index contributed by atoms with van der Waals surface area (Å²) < 4.78 is 0. The smallest absolute Gasteiger partial charge is 0.00367 e. The van der Waals surface area contributed by atoms with Gasteiger partial charge in [-0.25, -0.2) is 0 Å². The molecule has 0 aromatic carbocycles. The van der Waals surface area contributed by atoms with Crippen LogP contribution in [0.4, 0.5) is 0 Å².